The highest BCUT2D eigenvalue weighted by molar-refractivity contribution is 9.10. The first-order valence-electron chi connectivity index (χ1n) is 8.23. The third kappa shape index (κ3) is 7.25. The third-order valence-corrected chi connectivity index (χ3v) is 4.01. The van der Waals surface area contributed by atoms with Gasteiger partial charge in [-0.15, -0.1) is 0 Å². The standard InChI is InChI=1S/C18H25BrN2O4/c1-12(2)21(13(3)4)16(22)11-25-17(23)9-10-20-18(24)14-5-7-15(19)8-6-14/h5-8,12-13H,9-11H2,1-4H3,(H,20,24). The third-order valence-electron chi connectivity index (χ3n) is 3.48. The van der Waals surface area contributed by atoms with Crippen molar-refractivity contribution >= 4 is 33.7 Å². The first-order valence-corrected chi connectivity index (χ1v) is 9.02. The van der Waals surface area contributed by atoms with E-state index in [1.807, 2.05) is 27.7 Å². The van der Waals surface area contributed by atoms with Crippen molar-refractivity contribution < 1.29 is 19.1 Å². The van der Waals surface area contributed by atoms with Crippen molar-refractivity contribution in [2.24, 2.45) is 0 Å². The van der Waals surface area contributed by atoms with E-state index in [-0.39, 0.29) is 43.5 Å². The highest BCUT2D eigenvalue weighted by Crippen LogP contribution is 2.10. The fourth-order valence-electron chi connectivity index (χ4n) is 2.44. The van der Waals surface area contributed by atoms with Crippen LogP contribution in [0.5, 0.6) is 0 Å². The average Bonchev–Trinajstić information content (AvgIpc) is 2.52. The topological polar surface area (TPSA) is 75.7 Å². The number of carbonyl (C=O) groups excluding carboxylic acids is 3. The molecule has 0 aliphatic rings. The molecule has 0 bridgehead atoms. The molecule has 0 fully saturated rings. The molecule has 2 amide bonds. The summed E-state index contributed by atoms with van der Waals surface area (Å²) in [6.07, 6.45) is 0.0128. The van der Waals surface area contributed by atoms with Crippen molar-refractivity contribution in [1.29, 1.82) is 0 Å². The second-order valence-corrected chi connectivity index (χ2v) is 7.08. The van der Waals surface area contributed by atoms with Gasteiger partial charge in [-0.3, -0.25) is 14.4 Å². The van der Waals surface area contributed by atoms with Gasteiger partial charge in [0, 0.05) is 28.7 Å². The summed E-state index contributed by atoms with van der Waals surface area (Å²) in [4.78, 5) is 37.4. The van der Waals surface area contributed by atoms with Crippen LogP contribution in [-0.4, -0.2) is 47.9 Å². The van der Waals surface area contributed by atoms with Crippen molar-refractivity contribution in [2.75, 3.05) is 13.2 Å². The number of nitrogens with one attached hydrogen (secondary N) is 1. The molecule has 0 aliphatic carbocycles. The Kier molecular flexibility index (Phi) is 8.61. The minimum atomic E-state index is -0.517. The fourth-order valence-corrected chi connectivity index (χ4v) is 2.71. The molecule has 7 heteroatoms. The molecule has 0 aromatic heterocycles. The molecule has 0 spiro atoms. The van der Waals surface area contributed by atoms with Crippen molar-refractivity contribution in [3.63, 3.8) is 0 Å². The predicted octanol–water partition coefficient (Wildman–Crippen LogP) is 2.76. The first kappa shape index (κ1) is 21.2. The number of esters is 1. The Balaban J connectivity index is 2.34. The Morgan fingerprint density at radius 2 is 1.64 bits per heavy atom. The Hall–Kier alpha value is -1.89. The summed E-state index contributed by atoms with van der Waals surface area (Å²) in [5, 5.41) is 2.65. The predicted molar refractivity (Wildman–Crippen MR) is 99.2 cm³/mol. The summed E-state index contributed by atoms with van der Waals surface area (Å²) in [5.41, 5.74) is 0.510. The molecule has 1 aromatic carbocycles. The van der Waals surface area contributed by atoms with Crippen LogP contribution >= 0.6 is 15.9 Å². The van der Waals surface area contributed by atoms with Crippen LogP contribution in [0.4, 0.5) is 0 Å². The average molecular weight is 413 g/mol. The SMILES string of the molecule is CC(C)N(C(=O)COC(=O)CCNC(=O)c1ccc(Br)cc1)C(C)C. The molecule has 0 aliphatic heterocycles. The summed E-state index contributed by atoms with van der Waals surface area (Å²) >= 11 is 3.30. The molecular formula is C18H25BrN2O4. The summed E-state index contributed by atoms with van der Waals surface area (Å²) < 4.78 is 5.88. The van der Waals surface area contributed by atoms with Crippen LogP contribution in [0.25, 0.3) is 0 Å². The lowest BCUT2D eigenvalue weighted by atomic mass is 10.2. The zero-order chi connectivity index (χ0) is 19.0. The number of rotatable bonds is 8. The number of nitrogens with zero attached hydrogens (tertiary/aromatic N) is 1. The van der Waals surface area contributed by atoms with E-state index in [0.29, 0.717) is 5.56 Å². The van der Waals surface area contributed by atoms with Crippen LogP contribution < -0.4 is 5.32 Å². The minimum absolute atomic E-state index is 0.0128. The molecule has 1 rings (SSSR count). The van der Waals surface area contributed by atoms with Gasteiger partial charge >= 0.3 is 5.97 Å². The van der Waals surface area contributed by atoms with E-state index in [2.05, 4.69) is 21.2 Å². The molecule has 0 radical (unpaired) electrons. The van der Waals surface area contributed by atoms with Crippen molar-refractivity contribution in [3.05, 3.63) is 34.3 Å². The van der Waals surface area contributed by atoms with Crippen LogP contribution in [0.1, 0.15) is 44.5 Å². The molecule has 0 unspecified atom stereocenters. The lowest BCUT2D eigenvalue weighted by Crippen LogP contribution is -2.44. The Labute approximate surface area is 157 Å². The molecule has 0 saturated heterocycles. The fraction of sp³-hybridized carbons (Fsp3) is 0.500. The van der Waals surface area contributed by atoms with E-state index in [4.69, 9.17) is 4.74 Å². The van der Waals surface area contributed by atoms with E-state index in [0.717, 1.165) is 4.47 Å². The zero-order valence-electron chi connectivity index (χ0n) is 15.0. The molecule has 138 valence electrons. The number of amides is 2. The van der Waals surface area contributed by atoms with E-state index in [1.165, 1.54) is 0 Å². The summed E-state index contributed by atoms with van der Waals surface area (Å²) in [5.74, 6) is -1.00. The van der Waals surface area contributed by atoms with Crippen LogP contribution in [0.2, 0.25) is 0 Å². The number of carbonyl (C=O) groups is 3. The highest BCUT2D eigenvalue weighted by Gasteiger charge is 2.21. The van der Waals surface area contributed by atoms with Gasteiger partial charge in [0.15, 0.2) is 6.61 Å². The van der Waals surface area contributed by atoms with E-state index in [1.54, 1.807) is 29.2 Å². The van der Waals surface area contributed by atoms with Crippen molar-refractivity contribution in [3.8, 4) is 0 Å². The van der Waals surface area contributed by atoms with Gasteiger partial charge in [0.05, 0.1) is 6.42 Å². The van der Waals surface area contributed by atoms with E-state index in [9.17, 15) is 14.4 Å². The lowest BCUT2D eigenvalue weighted by molar-refractivity contribution is -0.153. The van der Waals surface area contributed by atoms with Crippen LogP contribution in [0.15, 0.2) is 28.7 Å². The summed E-state index contributed by atoms with van der Waals surface area (Å²) in [6.45, 7) is 7.53. The molecule has 6 nitrogen and oxygen atoms in total. The van der Waals surface area contributed by atoms with E-state index >= 15 is 0 Å². The maximum Gasteiger partial charge on any atom is 0.308 e. The van der Waals surface area contributed by atoms with Gasteiger partial charge in [0.25, 0.3) is 11.8 Å². The largest absolute Gasteiger partial charge is 0.456 e. The highest BCUT2D eigenvalue weighted by atomic mass is 79.9. The van der Waals surface area contributed by atoms with Crippen LogP contribution in [0, 0.1) is 0 Å². The van der Waals surface area contributed by atoms with Gasteiger partial charge in [-0.1, -0.05) is 15.9 Å². The number of benzene rings is 1. The number of halogens is 1. The molecule has 0 heterocycles. The second-order valence-electron chi connectivity index (χ2n) is 6.16. The molecule has 1 N–H and O–H groups in total. The monoisotopic (exact) mass is 412 g/mol. The van der Waals surface area contributed by atoms with Gasteiger partial charge < -0.3 is 15.0 Å². The molecule has 1 aromatic rings. The van der Waals surface area contributed by atoms with Gasteiger partial charge in [0.1, 0.15) is 0 Å². The smallest absolute Gasteiger partial charge is 0.308 e. The molecule has 25 heavy (non-hydrogen) atoms. The van der Waals surface area contributed by atoms with Gasteiger partial charge in [0.2, 0.25) is 0 Å². The Morgan fingerprint density at radius 3 is 2.16 bits per heavy atom. The molecule has 0 saturated carbocycles. The quantitative estimate of drug-likeness (QED) is 0.665. The number of hydrogen-bond acceptors (Lipinski definition) is 4. The zero-order valence-corrected chi connectivity index (χ0v) is 16.6. The lowest BCUT2D eigenvalue weighted by Gasteiger charge is -2.30. The summed E-state index contributed by atoms with van der Waals surface area (Å²) in [7, 11) is 0. The van der Waals surface area contributed by atoms with Gasteiger partial charge in [-0.2, -0.15) is 0 Å². The van der Waals surface area contributed by atoms with Gasteiger partial charge in [-0.05, 0) is 52.0 Å². The first-order chi connectivity index (χ1) is 11.7. The molecule has 0 atom stereocenters. The van der Waals surface area contributed by atoms with Gasteiger partial charge in [-0.25, -0.2) is 0 Å². The number of ether oxygens (including phenoxy) is 1. The van der Waals surface area contributed by atoms with Crippen LogP contribution in [0.3, 0.4) is 0 Å². The minimum Gasteiger partial charge on any atom is -0.456 e. The second kappa shape index (κ2) is 10.2. The molecular weight excluding hydrogens is 388 g/mol. The van der Waals surface area contributed by atoms with Crippen molar-refractivity contribution in [2.45, 2.75) is 46.2 Å². The normalized spacial score (nSPS) is 10.7. The Bertz CT molecular complexity index is 592. The van der Waals surface area contributed by atoms with E-state index < -0.39 is 5.97 Å². The van der Waals surface area contributed by atoms with Crippen molar-refractivity contribution in [1.82, 2.24) is 10.2 Å². The summed E-state index contributed by atoms with van der Waals surface area (Å²) in [6, 6.07) is 6.98. The van der Waals surface area contributed by atoms with Crippen LogP contribution in [-0.2, 0) is 14.3 Å². The maximum absolute atomic E-state index is 12.1. The Morgan fingerprint density at radius 1 is 1.08 bits per heavy atom. The maximum atomic E-state index is 12.1. The number of hydrogen-bond donors (Lipinski definition) is 1.